The standard InChI is InChI=1S/C14H18N2O/c1-3-16(4-2)13-7-5-12(6-8-13)14(9-10-14)15-11-17/h5-8H,3-4,9-10H2,1-2H3. The Balaban J connectivity index is 2.21. The van der Waals surface area contributed by atoms with Crippen LogP contribution in [0.1, 0.15) is 32.3 Å². The summed E-state index contributed by atoms with van der Waals surface area (Å²) in [6.07, 6.45) is 3.62. The molecule has 0 heterocycles. The van der Waals surface area contributed by atoms with Gasteiger partial charge in [-0.25, -0.2) is 4.79 Å². The summed E-state index contributed by atoms with van der Waals surface area (Å²) in [5, 5.41) is 0. The minimum absolute atomic E-state index is 0.246. The second kappa shape index (κ2) is 4.72. The second-order valence-corrected chi connectivity index (χ2v) is 4.45. The molecular formula is C14H18N2O. The Morgan fingerprint density at radius 1 is 1.24 bits per heavy atom. The van der Waals surface area contributed by atoms with Crippen molar-refractivity contribution in [3.8, 4) is 0 Å². The highest BCUT2D eigenvalue weighted by molar-refractivity contribution is 5.50. The van der Waals surface area contributed by atoms with Gasteiger partial charge in [-0.3, -0.25) is 0 Å². The Hall–Kier alpha value is -1.60. The fraction of sp³-hybridized carbons (Fsp3) is 0.500. The molecule has 0 atom stereocenters. The molecule has 3 heteroatoms. The molecule has 1 aromatic rings. The molecule has 3 nitrogen and oxygen atoms in total. The van der Waals surface area contributed by atoms with Crippen LogP contribution in [0.25, 0.3) is 0 Å². The molecule has 1 aliphatic carbocycles. The van der Waals surface area contributed by atoms with Gasteiger partial charge in [0.2, 0.25) is 6.08 Å². The molecule has 0 amide bonds. The zero-order valence-electron chi connectivity index (χ0n) is 10.4. The van der Waals surface area contributed by atoms with E-state index in [0.717, 1.165) is 31.5 Å². The molecule has 1 saturated carbocycles. The van der Waals surface area contributed by atoms with Gasteiger partial charge in [-0.2, -0.15) is 4.99 Å². The molecule has 0 spiro atoms. The molecule has 1 aromatic carbocycles. The average molecular weight is 230 g/mol. The van der Waals surface area contributed by atoms with Crippen LogP contribution in [0, 0.1) is 0 Å². The second-order valence-electron chi connectivity index (χ2n) is 4.45. The zero-order valence-corrected chi connectivity index (χ0v) is 10.4. The molecule has 0 bridgehead atoms. The van der Waals surface area contributed by atoms with Gasteiger partial charge >= 0.3 is 0 Å². The predicted molar refractivity (Wildman–Crippen MR) is 69.0 cm³/mol. The van der Waals surface area contributed by atoms with Gasteiger partial charge in [0.15, 0.2) is 0 Å². The van der Waals surface area contributed by atoms with Crippen LogP contribution in [0.3, 0.4) is 0 Å². The normalized spacial score (nSPS) is 16.1. The highest BCUT2D eigenvalue weighted by Crippen LogP contribution is 2.49. The van der Waals surface area contributed by atoms with E-state index in [1.165, 1.54) is 5.69 Å². The van der Waals surface area contributed by atoms with E-state index in [1.807, 2.05) is 0 Å². The van der Waals surface area contributed by atoms with E-state index in [-0.39, 0.29) is 5.54 Å². The van der Waals surface area contributed by atoms with Gasteiger partial charge in [-0.1, -0.05) is 12.1 Å². The smallest absolute Gasteiger partial charge is 0.235 e. The van der Waals surface area contributed by atoms with Crippen LogP contribution in [0.15, 0.2) is 29.3 Å². The van der Waals surface area contributed by atoms with Crippen molar-refractivity contribution in [2.24, 2.45) is 4.99 Å². The summed E-state index contributed by atoms with van der Waals surface area (Å²) in [7, 11) is 0. The minimum atomic E-state index is -0.246. The number of carbonyl (C=O) groups excluding carboxylic acids is 1. The van der Waals surface area contributed by atoms with Crippen molar-refractivity contribution in [3.63, 3.8) is 0 Å². The molecule has 0 aromatic heterocycles. The Labute approximate surface area is 102 Å². The van der Waals surface area contributed by atoms with E-state index in [9.17, 15) is 4.79 Å². The maximum absolute atomic E-state index is 10.4. The third-order valence-corrected chi connectivity index (χ3v) is 3.52. The van der Waals surface area contributed by atoms with Crippen molar-refractivity contribution in [2.45, 2.75) is 32.2 Å². The van der Waals surface area contributed by atoms with Crippen molar-refractivity contribution >= 4 is 11.8 Å². The van der Waals surface area contributed by atoms with Gasteiger partial charge in [0.05, 0.1) is 5.54 Å². The molecule has 2 rings (SSSR count). The van der Waals surface area contributed by atoms with Crippen LogP contribution in [0.2, 0.25) is 0 Å². The van der Waals surface area contributed by atoms with Crippen LogP contribution in [0.5, 0.6) is 0 Å². The monoisotopic (exact) mass is 230 g/mol. The highest BCUT2D eigenvalue weighted by atomic mass is 16.1. The van der Waals surface area contributed by atoms with Crippen LogP contribution >= 0.6 is 0 Å². The lowest BCUT2D eigenvalue weighted by molar-refractivity contribution is 0.556. The number of hydrogen-bond donors (Lipinski definition) is 0. The maximum atomic E-state index is 10.4. The SMILES string of the molecule is CCN(CC)c1ccc(C2(N=C=O)CC2)cc1. The van der Waals surface area contributed by atoms with Crippen molar-refractivity contribution in [3.05, 3.63) is 29.8 Å². The van der Waals surface area contributed by atoms with Gasteiger partial charge in [0, 0.05) is 18.8 Å². The Morgan fingerprint density at radius 3 is 2.24 bits per heavy atom. The Kier molecular flexibility index (Phi) is 3.30. The van der Waals surface area contributed by atoms with E-state index in [1.54, 1.807) is 6.08 Å². The number of hydrogen-bond acceptors (Lipinski definition) is 3. The maximum Gasteiger partial charge on any atom is 0.235 e. The fourth-order valence-electron chi connectivity index (χ4n) is 2.24. The van der Waals surface area contributed by atoms with E-state index >= 15 is 0 Å². The molecule has 0 radical (unpaired) electrons. The number of anilines is 1. The number of nitrogens with zero attached hydrogens (tertiary/aromatic N) is 2. The largest absolute Gasteiger partial charge is 0.372 e. The van der Waals surface area contributed by atoms with E-state index in [4.69, 9.17) is 0 Å². The Morgan fingerprint density at radius 2 is 1.82 bits per heavy atom. The molecule has 1 fully saturated rings. The van der Waals surface area contributed by atoms with Gasteiger partial charge in [-0.05, 0) is 44.4 Å². The first-order chi connectivity index (χ1) is 8.25. The summed E-state index contributed by atoms with van der Waals surface area (Å²) in [4.78, 5) is 16.6. The molecule has 17 heavy (non-hydrogen) atoms. The minimum Gasteiger partial charge on any atom is -0.372 e. The summed E-state index contributed by atoms with van der Waals surface area (Å²) in [5.74, 6) is 0. The third kappa shape index (κ3) is 2.25. The lowest BCUT2D eigenvalue weighted by atomic mass is 10.1. The lowest BCUT2D eigenvalue weighted by Crippen LogP contribution is -2.21. The first-order valence-electron chi connectivity index (χ1n) is 6.20. The van der Waals surface area contributed by atoms with E-state index < -0.39 is 0 Å². The summed E-state index contributed by atoms with van der Waals surface area (Å²) in [6.45, 7) is 6.31. The van der Waals surface area contributed by atoms with Crippen molar-refractivity contribution in [1.82, 2.24) is 0 Å². The summed E-state index contributed by atoms with van der Waals surface area (Å²) in [6, 6.07) is 8.40. The van der Waals surface area contributed by atoms with Gasteiger partial charge < -0.3 is 4.90 Å². The molecule has 1 aliphatic rings. The van der Waals surface area contributed by atoms with E-state index in [0.29, 0.717) is 0 Å². The number of benzene rings is 1. The van der Waals surface area contributed by atoms with Gasteiger partial charge in [-0.15, -0.1) is 0 Å². The number of rotatable bonds is 5. The van der Waals surface area contributed by atoms with Crippen LogP contribution < -0.4 is 4.90 Å². The van der Waals surface area contributed by atoms with Crippen LogP contribution in [0.4, 0.5) is 5.69 Å². The fourth-order valence-corrected chi connectivity index (χ4v) is 2.24. The highest BCUT2D eigenvalue weighted by Gasteiger charge is 2.44. The summed E-state index contributed by atoms with van der Waals surface area (Å²) in [5.41, 5.74) is 2.12. The Bertz CT molecular complexity index is 424. The number of aliphatic imine (C=N–C) groups is 1. The first kappa shape index (κ1) is 11.9. The topological polar surface area (TPSA) is 32.7 Å². The predicted octanol–water partition coefficient (Wildman–Crippen LogP) is 2.86. The quantitative estimate of drug-likeness (QED) is 0.575. The van der Waals surface area contributed by atoms with Crippen molar-refractivity contribution < 1.29 is 4.79 Å². The number of isocyanates is 1. The van der Waals surface area contributed by atoms with Crippen molar-refractivity contribution in [1.29, 1.82) is 0 Å². The van der Waals surface area contributed by atoms with Crippen LogP contribution in [-0.4, -0.2) is 19.2 Å². The molecule has 0 N–H and O–H groups in total. The van der Waals surface area contributed by atoms with Crippen molar-refractivity contribution in [2.75, 3.05) is 18.0 Å². The molecule has 90 valence electrons. The average Bonchev–Trinajstić information content (AvgIpc) is 3.13. The van der Waals surface area contributed by atoms with Crippen LogP contribution in [-0.2, 0) is 10.3 Å². The van der Waals surface area contributed by atoms with Gasteiger partial charge in [0.1, 0.15) is 0 Å². The first-order valence-corrected chi connectivity index (χ1v) is 6.20. The summed E-state index contributed by atoms with van der Waals surface area (Å²) >= 11 is 0. The molecular weight excluding hydrogens is 212 g/mol. The third-order valence-electron chi connectivity index (χ3n) is 3.52. The lowest BCUT2D eigenvalue weighted by Gasteiger charge is -2.21. The van der Waals surface area contributed by atoms with Gasteiger partial charge in [0.25, 0.3) is 0 Å². The van der Waals surface area contributed by atoms with E-state index in [2.05, 4.69) is 48.0 Å². The summed E-state index contributed by atoms with van der Waals surface area (Å²) < 4.78 is 0. The molecule has 0 saturated heterocycles. The zero-order chi connectivity index (χ0) is 12.3. The molecule has 0 unspecified atom stereocenters. The molecule has 0 aliphatic heterocycles.